The Hall–Kier alpha value is -2.90. The van der Waals surface area contributed by atoms with Crippen molar-refractivity contribution >= 4 is 26.7 Å². The van der Waals surface area contributed by atoms with Gasteiger partial charge in [0.05, 0.1) is 17.9 Å². The standard InChI is InChI=1S/C24H26N2O4S/c1-19-6-9-22(10-7-19)30-17-12-24(27)25-13-15-26(16-14-25)31(28,29)23-11-8-20-4-2-3-5-21(20)18-23/h2-11,18H,12-17H2,1H3. The molecule has 0 atom stereocenters. The molecule has 1 saturated heterocycles. The molecule has 162 valence electrons. The smallest absolute Gasteiger partial charge is 0.243 e. The molecular formula is C24H26N2O4S. The van der Waals surface area contributed by atoms with Crippen molar-refractivity contribution in [1.82, 2.24) is 9.21 Å². The van der Waals surface area contributed by atoms with Gasteiger partial charge in [0.15, 0.2) is 0 Å². The first-order chi connectivity index (χ1) is 14.9. The van der Waals surface area contributed by atoms with Gasteiger partial charge in [-0.2, -0.15) is 4.31 Å². The predicted octanol–water partition coefficient (Wildman–Crippen LogP) is 3.45. The number of ether oxygens (including phenoxy) is 1. The van der Waals surface area contributed by atoms with Crippen LogP contribution in [0, 0.1) is 6.92 Å². The largest absolute Gasteiger partial charge is 0.493 e. The average molecular weight is 439 g/mol. The highest BCUT2D eigenvalue weighted by Gasteiger charge is 2.30. The van der Waals surface area contributed by atoms with E-state index in [-0.39, 0.29) is 17.2 Å². The van der Waals surface area contributed by atoms with Crippen LogP contribution in [0.3, 0.4) is 0 Å². The Balaban J connectivity index is 1.31. The zero-order chi connectivity index (χ0) is 21.8. The molecule has 0 spiro atoms. The third-order valence-electron chi connectivity index (χ3n) is 5.56. The van der Waals surface area contributed by atoms with E-state index in [0.717, 1.165) is 22.1 Å². The minimum atomic E-state index is -3.59. The summed E-state index contributed by atoms with van der Waals surface area (Å²) in [5, 5.41) is 1.90. The first kappa shape index (κ1) is 21.3. The quantitative estimate of drug-likeness (QED) is 0.591. The molecule has 0 bridgehead atoms. The molecule has 1 aliphatic heterocycles. The van der Waals surface area contributed by atoms with Crippen molar-refractivity contribution in [2.24, 2.45) is 0 Å². The molecule has 3 aromatic rings. The number of piperazine rings is 1. The molecule has 7 heteroatoms. The monoisotopic (exact) mass is 438 g/mol. The molecule has 0 radical (unpaired) electrons. The molecule has 1 heterocycles. The van der Waals surface area contributed by atoms with Crippen LogP contribution in [-0.2, 0) is 14.8 Å². The molecule has 0 aliphatic carbocycles. The minimum absolute atomic E-state index is 0.0186. The van der Waals surface area contributed by atoms with E-state index >= 15 is 0 Å². The second-order valence-corrected chi connectivity index (χ2v) is 9.64. The van der Waals surface area contributed by atoms with Gasteiger partial charge < -0.3 is 9.64 Å². The molecule has 1 amide bonds. The summed E-state index contributed by atoms with van der Waals surface area (Å²) in [6.45, 7) is 3.66. The molecule has 1 aliphatic rings. The first-order valence-electron chi connectivity index (χ1n) is 10.4. The highest BCUT2D eigenvalue weighted by molar-refractivity contribution is 7.89. The number of hydrogen-bond donors (Lipinski definition) is 0. The third-order valence-corrected chi connectivity index (χ3v) is 7.45. The maximum absolute atomic E-state index is 13.1. The summed E-state index contributed by atoms with van der Waals surface area (Å²) in [6.07, 6.45) is 0.269. The van der Waals surface area contributed by atoms with E-state index in [4.69, 9.17) is 4.74 Å². The molecule has 0 aromatic heterocycles. The maximum atomic E-state index is 13.1. The topological polar surface area (TPSA) is 66.9 Å². The van der Waals surface area contributed by atoms with Crippen LogP contribution >= 0.6 is 0 Å². The van der Waals surface area contributed by atoms with Gasteiger partial charge in [-0.05, 0) is 42.0 Å². The van der Waals surface area contributed by atoms with Crippen LogP contribution in [0.5, 0.6) is 5.75 Å². The normalized spacial score (nSPS) is 15.2. The number of amides is 1. The lowest BCUT2D eigenvalue weighted by atomic mass is 10.1. The Bertz CT molecular complexity index is 1170. The summed E-state index contributed by atoms with van der Waals surface area (Å²) in [5.41, 5.74) is 1.15. The second kappa shape index (κ2) is 9.08. The fourth-order valence-electron chi connectivity index (χ4n) is 3.70. The van der Waals surface area contributed by atoms with Gasteiger partial charge in [0.25, 0.3) is 0 Å². The second-order valence-electron chi connectivity index (χ2n) is 7.71. The van der Waals surface area contributed by atoms with Crippen molar-refractivity contribution in [2.75, 3.05) is 32.8 Å². The number of carbonyl (C=O) groups is 1. The van der Waals surface area contributed by atoms with E-state index in [1.54, 1.807) is 17.0 Å². The van der Waals surface area contributed by atoms with E-state index in [9.17, 15) is 13.2 Å². The molecule has 31 heavy (non-hydrogen) atoms. The zero-order valence-electron chi connectivity index (χ0n) is 17.5. The van der Waals surface area contributed by atoms with Crippen molar-refractivity contribution in [2.45, 2.75) is 18.2 Å². The van der Waals surface area contributed by atoms with Crippen molar-refractivity contribution in [3.8, 4) is 5.75 Å². The molecule has 4 rings (SSSR count). The number of rotatable bonds is 6. The molecule has 0 N–H and O–H groups in total. The number of carbonyl (C=O) groups excluding carboxylic acids is 1. The van der Waals surface area contributed by atoms with E-state index in [1.807, 2.05) is 61.5 Å². The number of benzene rings is 3. The number of aryl methyl sites for hydroxylation is 1. The number of hydrogen-bond acceptors (Lipinski definition) is 4. The van der Waals surface area contributed by atoms with E-state index in [2.05, 4.69) is 0 Å². The lowest BCUT2D eigenvalue weighted by Crippen LogP contribution is -2.50. The summed E-state index contributed by atoms with van der Waals surface area (Å²) in [7, 11) is -3.59. The number of fused-ring (bicyclic) bond motifs is 1. The fraction of sp³-hybridized carbons (Fsp3) is 0.292. The lowest BCUT2D eigenvalue weighted by Gasteiger charge is -2.34. The predicted molar refractivity (Wildman–Crippen MR) is 121 cm³/mol. The van der Waals surface area contributed by atoms with Gasteiger partial charge in [-0.1, -0.05) is 48.0 Å². The third kappa shape index (κ3) is 4.89. The highest BCUT2D eigenvalue weighted by Crippen LogP contribution is 2.23. The van der Waals surface area contributed by atoms with Crippen molar-refractivity contribution < 1.29 is 17.9 Å². The Morgan fingerprint density at radius 1 is 0.903 bits per heavy atom. The van der Waals surface area contributed by atoms with Crippen molar-refractivity contribution in [3.63, 3.8) is 0 Å². The van der Waals surface area contributed by atoms with Crippen LogP contribution in [0.1, 0.15) is 12.0 Å². The van der Waals surface area contributed by atoms with Crippen LogP contribution in [0.15, 0.2) is 71.6 Å². The molecule has 0 saturated carbocycles. The van der Waals surface area contributed by atoms with Crippen LogP contribution in [-0.4, -0.2) is 56.3 Å². The van der Waals surface area contributed by atoms with E-state index in [1.165, 1.54) is 4.31 Å². The summed E-state index contributed by atoms with van der Waals surface area (Å²) in [5.74, 6) is 0.722. The van der Waals surface area contributed by atoms with Gasteiger partial charge in [-0.25, -0.2) is 8.42 Å². The molecule has 6 nitrogen and oxygen atoms in total. The summed E-state index contributed by atoms with van der Waals surface area (Å²) >= 11 is 0. The van der Waals surface area contributed by atoms with Crippen LogP contribution in [0.25, 0.3) is 10.8 Å². The van der Waals surface area contributed by atoms with Crippen molar-refractivity contribution in [3.05, 3.63) is 72.3 Å². The highest BCUT2D eigenvalue weighted by atomic mass is 32.2. The Morgan fingerprint density at radius 2 is 1.58 bits per heavy atom. The molecule has 1 fully saturated rings. The Kier molecular flexibility index (Phi) is 6.25. The van der Waals surface area contributed by atoms with Gasteiger partial charge in [0, 0.05) is 26.2 Å². The van der Waals surface area contributed by atoms with Gasteiger partial charge in [-0.3, -0.25) is 4.79 Å². The zero-order valence-corrected chi connectivity index (χ0v) is 18.3. The van der Waals surface area contributed by atoms with Gasteiger partial charge >= 0.3 is 0 Å². The first-order valence-corrected chi connectivity index (χ1v) is 11.8. The fourth-order valence-corrected chi connectivity index (χ4v) is 5.16. The summed E-state index contributed by atoms with van der Waals surface area (Å²) in [4.78, 5) is 14.5. The maximum Gasteiger partial charge on any atom is 0.243 e. The van der Waals surface area contributed by atoms with Crippen LogP contribution in [0.4, 0.5) is 0 Å². The van der Waals surface area contributed by atoms with Crippen LogP contribution < -0.4 is 4.74 Å². The lowest BCUT2D eigenvalue weighted by molar-refractivity contribution is -0.132. The van der Waals surface area contributed by atoms with Gasteiger partial charge in [-0.15, -0.1) is 0 Å². The van der Waals surface area contributed by atoms with Gasteiger partial charge in [0.2, 0.25) is 15.9 Å². The molecule has 3 aromatic carbocycles. The van der Waals surface area contributed by atoms with Crippen molar-refractivity contribution in [1.29, 1.82) is 0 Å². The molecule has 0 unspecified atom stereocenters. The Labute approximate surface area is 183 Å². The number of sulfonamides is 1. The van der Waals surface area contributed by atoms with Crippen LogP contribution in [0.2, 0.25) is 0 Å². The summed E-state index contributed by atoms with van der Waals surface area (Å²) < 4.78 is 33.2. The van der Waals surface area contributed by atoms with E-state index < -0.39 is 10.0 Å². The SMILES string of the molecule is Cc1ccc(OCCC(=O)N2CCN(S(=O)(=O)c3ccc4ccccc4c3)CC2)cc1. The van der Waals surface area contributed by atoms with E-state index in [0.29, 0.717) is 32.8 Å². The Morgan fingerprint density at radius 3 is 2.29 bits per heavy atom. The average Bonchev–Trinajstić information content (AvgIpc) is 2.80. The minimum Gasteiger partial charge on any atom is -0.493 e. The number of nitrogens with zero attached hydrogens (tertiary/aromatic N) is 2. The summed E-state index contributed by atoms with van der Waals surface area (Å²) in [6, 6.07) is 20.6. The molecular weight excluding hydrogens is 412 g/mol. The van der Waals surface area contributed by atoms with Gasteiger partial charge in [0.1, 0.15) is 5.75 Å².